The van der Waals surface area contributed by atoms with Crippen molar-refractivity contribution in [2.24, 2.45) is 0 Å². The van der Waals surface area contributed by atoms with Crippen molar-refractivity contribution in [3.05, 3.63) is 89.5 Å². The maximum atomic E-state index is 13.7. The van der Waals surface area contributed by atoms with Crippen LogP contribution in [0.5, 0.6) is 11.5 Å². The fraction of sp³-hybridized carbons (Fsp3) is 0.111. The van der Waals surface area contributed by atoms with Crippen molar-refractivity contribution in [3.63, 3.8) is 0 Å². The zero-order chi connectivity index (χ0) is 22.7. The second-order valence-corrected chi connectivity index (χ2v) is 7.28. The molecular formula is C27H22N2O3. The summed E-state index contributed by atoms with van der Waals surface area (Å²) in [6, 6.07) is 24.3. The van der Waals surface area contributed by atoms with Crippen molar-refractivity contribution < 1.29 is 14.6 Å². The predicted molar refractivity (Wildman–Crippen MR) is 126 cm³/mol. The van der Waals surface area contributed by atoms with Crippen molar-refractivity contribution in [2.75, 3.05) is 7.11 Å². The number of nitriles is 1. The summed E-state index contributed by atoms with van der Waals surface area (Å²) in [6.07, 6.45) is 1.49. The standard InChI is InChI=1S/C27H22N2O3/c1-3-29-22-12-8-7-11-21(22)25(26(29)19-9-5-4-6-10-19)27(31)20(17-28)15-18-13-14-24(32-2)23(30)16-18/h4-16,30H,3H2,1-2H3/b20-15+. The monoisotopic (exact) mass is 422 g/mol. The van der Waals surface area contributed by atoms with E-state index in [1.807, 2.05) is 61.5 Å². The number of hydrogen-bond donors (Lipinski definition) is 1. The lowest BCUT2D eigenvalue weighted by molar-refractivity contribution is 0.104. The van der Waals surface area contributed by atoms with Gasteiger partial charge in [0, 0.05) is 17.4 Å². The highest BCUT2D eigenvalue weighted by atomic mass is 16.5. The van der Waals surface area contributed by atoms with Crippen LogP contribution in [0.3, 0.4) is 0 Å². The molecule has 0 unspecified atom stereocenters. The molecule has 0 bridgehead atoms. The Kier molecular flexibility index (Phi) is 5.78. The van der Waals surface area contributed by atoms with Gasteiger partial charge in [-0.25, -0.2) is 0 Å². The van der Waals surface area contributed by atoms with Crippen LogP contribution in [-0.2, 0) is 6.54 Å². The number of methoxy groups -OCH3 is 1. The molecule has 0 saturated heterocycles. The predicted octanol–water partition coefficient (Wildman–Crippen LogP) is 5.83. The van der Waals surface area contributed by atoms with Gasteiger partial charge in [-0.2, -0.15) is 5.26 Å². The molecule has 1 heterocycles. The molecule has 0 aliphatic carbocycles. The number of nitrogens with zero attached hydrogens (tertiary/aromatic N) is 2. The highest BCUT2D eigenvalue weighted by Crippen LogP contribution is 2.36. The van der Waals surface area contributed by atoms with Gasteiger partial charge in [0.15, 0.2) is 11.5 Å². The molecule has 158 valence electrons. The molecule has 0 spiro atoms. The first kappa shape index (κ1) is 21.0. The van der Waals surface area contributed by atoms with Gasteiger partial charge in [0.05, 0.1) is 18.4 Å². The Hall–Kier alpha value is -4.30. The van der Waals surface area contributed by atoms with Gasteiger partial charge >= 0.3 is 0 Å². The van der Waals surface area contributed by atoms with Gasteiger partial charge < -0.3 is 14.4 Å². The smallest absolute Gasteiger partial charge is 0.206 e. The minimum atomic E-state index is -0.356. The maximum absolute atomic E-state index is 13.7. The number of carbonyl (C=O) groups excluding carboxylic acids is 1. The number of hydrogen-bond acceptors (Lipinski definition) is 4. The first-order chi connectivity index (χ1) is 15.6. The summed E-state index contributed by atoms with van der Waals surface area (Å²) in [5.74, 6) is -0.0898. The van der Waals surface area contributed by atoms with E-state index in [0.29, 0.717) is 23.4 Å². The van der Waals surface area contributed by atoms with Crippen molar-refractivity contribution in [2.45, 2.75) is 13.5 Å². The van der Waals surface area contributed by atoms with Crippen LogP contribution < -0.4 is 4.74 Å². The molecule has 32 heavy (non-hydrogen) atoms. The second-order valence-electron chi connectivity index (χ2n) is 7.28. The van der Waals surface area contributed by atoms with E-state index in [2.05, 4.69) is 10.6 Å². The average Bonchev–Trinajstić information content (AvgIpc) is 3.17. The molecule has 4 rings (SSSR count). The molecule has 0 aliphatic rings. The third kappa shape index (κ3) is 3.63. The van der Waals surface area contributed by atoms with Crippen molar-refractivity contribution in [1.82, 2.24) is 4.57 Å². The molecule has 0 fully saturated rings. The molecule has 4 aromatic rings. The molecule has 0 amide bonds. The van der Waals surface area contributed by atoms with Crippen LogP contribution in [0, 0.1) is 11.3 Å². The van der Waals surface area contributed by atoms with Gasteiger partial charge in [-0.3, -0.25) is 4.79 Å². The van der Waals surface area contributed by atoms with E-state index >= 15 is 0 Å². The number of aromatic nitrogens is 1. The number of para-hydroxylation sites is 1. The number of allylic oxidation sites excluding steroid dienone is 1. The number of aromatic hydroxyl groups is 1. The number of carbonyl (C=O) groups is 1. The number of Topliss-reactive ketones (excluding diaryl/α,β-unsaturated/α-hetero) is 1. The first-order valence-electron chi connectivity index (χ1n) is 10.3. The fourth-order valence-electron chi connectivity index (χ4n) is 4.00. The normalized spacial score (nSPS) is 11.3. The number of phenols is 1. The highest BCUT2D eigenvalue weighted by molar-refractivity contribution is 6.23. The average molecular weight is 422 g/mol. The third-order valence-electron chi connectivity index (χ3n) is 5.44. The van der Waals surface area contributed by atoms with Crippen LogP contribution >= 0.6 is 0 Å². The third-order valence-corrected chi connectivity index (χ3v) is 5.44. The number of phenolic OH excluding ortho intramolecular Hbond substituents is 1. The van der Waals surface area contributed by atoms with E-state index in [-0.39, 0.29) is 17.1 Å². The zero-order valence-corrected chi connectivity index (χ0v) is 17.9. The summed E-state index contributed by atoms with van der Waals surface area (Å²) >= 11 is 0. The van der Waals surface area contributed by atoms with Crippen LogP contribution in [0.2, 0.25) is 0 Å². The van der Waals surface area contributed by atoms with Crippen molar-refractivity contribution in [1.29, 1.82) is 5.26 Å². The summed E-state index contributed by atoms with van der Waals surface area (Å²) in [7, 11) is 1.46. The van der Waals surface area contributed by atoms with E-state index < -0.39 is 0 Å². The Morgan fingerprint density at radius 2 is 1.81 bits per heavy atom. The molecule has 5 heteroatoms. The fourth-order valence-corrected chi connectivity index (χ4v) is 4.00. The van der Waals surface area contributed by atoms with Crippen molar-refractivity contribution >= 4 is 22.8 Å². The Morgan fingerprint density at radius 1 is 1.09 bits per heavy atom. The summed E-state index contributed by atoms with van der Waals surface area (Å²) in [4.78, 5) is 13.7. The molecule has 0 aliphatic heterocycles. The molecular weight excluding hydrogens is 400 g/mol. The lowest BCUT2D eigenvalue weighted by Gasteiger charge is -2.10. The Balaban J connectivity index is 1.93. The molecule has 5 nitrogen and oxygen atoms in total. The van der Waals surface area contributed by atoms with E-state index in [1.165, 1.54) is 19.3 Å². The van der Waals surface area contributed by atoms with Gasteiger partial charge in [0.2, 0.25) is 5.78 Å². The number of benzene rings is 3. The minimum absolute atomic E-state index is 0.00856. The number of rotatable bonds is 6. The summed E-state index contributed by atoms with van der Waals surface area (Å²) < 4.78 is 7.17. The number of fused-ring (bicyclic) bond motifs is 1. The Bertz CT molecular complexity index is 1380. The maximum Gasteiger partial charge on any atom is 0.206 e. The van der Waals surface area contributed by atoms with Gasteiger partial charge in [-0.15, -0.1) is 0 Å². The van der Waals surface area contributed by atoms with E-state index in [4.69, 9.17) is 4.74 Å². The molecule has 1 aromatic heterocycles. The lowest BCUT2D eigenvalue weighted by Crippen LogP contribution is -2.05. The van der Waals surface area contributed by atoms with Crippen LogP contribution in [0.15, 0.2) is 78.4 Å². The van der Waals surface area contributed by atoms with Crippen molar-refractivity contribution in [3.8, 4) is 28.8 Å². The lowest BCUT2D eigenvalue weighted by atomic mass is 9.96. The van der Waals surface area contributed by atoms with Gasteiger partial charge in [0.1, 0.15) is 11.6 Å². The first-order valence-corrected chi connectivity index (χ1v) is 10.3. The SMILES string of the molecule is CCn1c(-c2ccccc2)c(C(=O)/C(C#N)=C/c2ccc(OC)c(O)c2)c2ccccc21. The van der Waals surface area contributed by atoms with Gasteiger partial charge in [0.25, 0.3) is 0 Å². The molecule has 0 radical (unpaired) electrons. The molecule has 3 aromatic carbocycles. The van der Waals surface area contributed by atoms with E-state index in [0.717, 1.165) is 22.2 Å². The summed E-state index contributed by atoms with van der Waals surface area (Å²) in [6.45, 7) is 2.71. The molecule has 0 saturated carbocycles. The Morgan fingerprint density at radius 3 is 2.47 bits per heavy atom. The van der Waals surface area contributed by atoms with Crippen LogP contribution in [-0.4, -0.2) is 22.6 Å². The number of ketones is 1. The zero-order valence-electron chi connectivity index (χ0n) is 17.9. The quantitative estimate of drug-likeness (QED) is 0.241. The highest BCUT2D eigenvalue weighted by Gasteiger charge is 2.25. The topological polar surface area (TPSA) is 75.2 Å². The van der Waals surface area contributed by atoms with Crippen LogP contribution in [0.25, 0.3) is 28.2 Å². The van der Waals surface area contributed by atoms with E-state index in [9.17, 15) is 15.2 Å². The minimum Gasteiger partial charge on any atom is -0.504 e. The van der Waals surface area contributed by atoms with E-state index in [1.54, 1.807) is 12.1 Å². The molecule has 1 N–H and O–H groups in total. The van der Waals surface area contributed by atoms with Crippen LogP contribution in [0.1, 0.15) is 22.8 Å². The van der Waals surface area contributed by atoms with Crippen LogP contribution in [0.4, 0.5) is 0 Å². The second kappa shape index (κ2) is 8.83. The van der Waals surface area contributed by atoms with Gasteiger partial charge in [-0.05, 0) is 42.3 Å². The van der Waals surface area contributed by atoms with Gasteiger partial charge in [-0.1, -0.05) is 54.6 Å². The largest absolute Gasteiger partial charge is 0.504 e. The Labute approximate surface area is 186 Å². The summed E-state index contributed by atoms with van der Waals surface area (Å²) in [5.41, 5.74) is 3.67. The number of ether oxygens (including phenoxy) is 1. The summed E-state index contributed by atoms with van der Waals surface area (Å²) in [5, 5.41) is 20.7. The molecule has 0 atom stereocenters. The number of aryl methyl sites for hydroxylation is 1.